The number of aryl methyl sites for hydroxylation is 2. The van der Waals surface area contributed by atoms with Crippen molar-refractivity contribution in [3.05, 3.63) is 70.4 Å². The van der Waals surface area contributed by atoms with E-state index >= 15 is 0 Å². The van der Waals surface area contributed by atoms with Crippen LogP contribution >= 0.6 is 11.3 Å². The first-order chi connectivity index (χ1) is 14.9. The van der Waals surface area contributed by atoms with Crippen LogP contribution in [0.1, 0.15) is 22.3 Å². The van der Waals surface area contributed by atoms with Gasteiger partial charge in [0, 0.05) is 16.6 Å². The number of hydrogen-bond acceptors (Lipinski definition) is 4. The number of aromatic nitrogens is 2. The van der Waals surface area contributed by atoms with Crippen LogP contribution in [-0.2, 0) is 12.4 Å². The van der Waals surface area contributed by atoms with E-state index in [1.807, 2.05) is 37.4 Å². The van der Waals surface area contributed by atoms with Gasteiger partial charge < -0.3 is 5.32 Å². The van der Waals surface area contributed by atoms with Gasteiger partial charge in [-0.15, -0.1) is 11.3 Å². The predicted octanol–water partition coefficient (Wildman–Crippen LogP) is 7.76. The Morgan fingerprint density at radius 3 is 2.06 bits per heavy atom. The molecule has 3 nitrogen and oxygen atoms in total. The second-order valence-corrected chi connectivity index (χ2v) is 8.13. The van der Waals surface area contributed by atoms with Crippen LogP contribution in [0.5, 0.6) is 0 Å². The van der Waals surface area contributed by atoms with Crippen molar-refractivity contribution in [3.63, 3.8) is 0 Å². The van der Waals surface area contributed by atoms with Crippen molar-refractivity contribution >= 4 is 33.1 Å². The van der Waals surface area contributed by atoms with Crippen LogP contribution in [0.15, 0.2) is 48.1 Å². The van der Waals surface area contributed by atoms with Crippen LogP contribution in [0, 0.1) is 13.8 Å². The smallest absolute Gasteiger partial charge is 0.340 e. The van der Waals surface area contributed by atoms with E-state index in [0.29, 0.717) is 22.3 Å². The molecule has 0 atom stereocenters. The topological polar surface area (TPSA) is 37.8 Å². The summed E-state index contributed by atoms with van der Waals surface area (Å²) in [5, 5.41) is 5.01. The minimum Gasteiger partial charge on any atom is -0.340 e. The molecule has 0 bridgehead atoms. The average Bonchev–Trinajstić information content (AvgIpc) is 3.14. The predicted molar refractivity (Wildman–Crippen MR) is 112 cm³/mol. The molecule has 0 spiro atoms. The van der Waals surface area contributed by atoms with Crippen molar-refractivity contribution in [2.45, 2.75) is 26.2 Å². The molecule has 1 N–H and O–H groups in total. The molecule has 4 aromatic rings. The monoisotopic (exact) mass is 467 g/mol. The van der Waals surface area contributed by atoms with Crippen molar-refractivity contribution < 1.29 is 26.3 Å². The van der Waals surface area contributed by atoms with Crippen molar-refractivity contribution in [2.24, 2.45) is 0 Å². The first-order valence-corrected chi connectivity index (χ1v) is 10.2. The van der Waals surface area contributed by atoms with Gasteiger partial charge in [0.25, 0.3) is 0 Å². The summed E-state index contributed by atoms with van der Waals surface area (Å²) in [5.41, 5.74) is 0.535. The Labute approximate surface area is 182 Å². The van der Waals surface area contributed by atoms with Crippen molar-refractivity contribution in [3.8, 4) is 11.1 Å². The maximum Gasteiger partial charge on any atom is 0.416 e. The van der Waals surface area contributed by atoms with Crippen LogP contribution < -0.4 is 5.32 Å². The summed E-state index contributed by atoms with van der Waals surface area (Å²) in [5.74, 6) is 0.122. The molecule has 4 rings (SSSR count). The van der Waals surface area contributed by atoms with Gasteiger partial charge in [-0.1, -0.05) is 18.2 Å². The third kappa shape index (κ3) is 4.27. The highest BCUT2D eigenvalue weighted by atomic mass is 32.1. The van der Waals surface area contributed by atoms with Crippen LogP contribution in [-0.4, -0.2) is 9.97 Å². The van der Waals surface area contributed by atoms with E-state index in [2.05, 4.69) is 15.3 Å². The van der Waals surface area contributed by atoms with Crippen LogP contribution in [0.3, 0.4) is 0 Å². The number of rotatable bonds is 3. The fourth-order valence-electron chi connectivity index (χ4n) is 3.26. The molecule has 0 aliphatic heterocycles. The molecule has 166 valence electrons. The normalized spacial score (nSPS) is 12.4. The second-order valence-electron chi connectivity index (χ2n) is 7.27. The van der Waals surface area contributed by atoms with Crippen molar-refractivity contribution in [1.82, 2.24) is 9.97 Å². The summed E-state index contributed by atoms with van der Waals surface area (Å²) in [6.07, 6.45) is -8.67. The Bertz CT molecular complexity index is 1280. The van der Waals surface area contributed by atoms with Gasteiger partial charge in [-0.25, -0.2) is 9.97 Å². The number of halogens is 6. The lowest BCUT2D eigenvalue weighted by Gasteiger charge is -2.15. The van der Waals surface area contributed by atoms with E-state index < -0.39 is 23.5 Å². The summed E-state index contributed by atoms with van der Waals surface area (Å²) >= 11 is 1.31. The highest BCUT2D eigenvalue weighted by Crippen LogP contribution is 2.41. The highest BCUT2D eigenvalue weighted by Gasteiger charge is 2.37. The van der Waals surface area contributed by atoms with Gasteiger partial charge in [0.15, 0.2) is 0 Å². The van der Waals surface area contributed by atoms with Gasteiger partial charge in [-0.05, 0) is 48.7 Å². The Morgan fingerprint density at radius 1 is 0.812 bits per heavy atom. The maximum absolute atomic E-state index is 13.2. The Hall–Kier alpha value is -3.14. The number of anilines is 2. The van der Waals surface area contributed by atoms with Crippen molar-refractivity contribution in [1.29, 1.82) is 0 Å². The van der Waals surface area contributed by atoms with Gasteiger partial charge >= 0.3 is 12.4 Å². The zero-order valence-electron chi connectivity index (χ0n) is 16.7. The maximum atomic E-state index is 13.2. The molecular formula is C22H15F6N3S. The molecule has 2 aromatic heterocycles. The standard InChI is InChI=1S/C22H15F6N3S/c1-11-3-4-13(5-12(11)2)17-9-32-20-18(17)19(29-10-30-20)31-16-7-14(21(23,24)25)6-15(8-16)22(26,27)28/h3-10H,1-2H3,(H,29,30,31). The summed E-state index contributed by atoms with van der Waals surface area (Å²) in [6, 6.07) is 7.14. The van der Waals surface area contributed by atoms with Gasteiger partial charge in [0.1, 0.15) is 17.0 Å². The van der Waals surface area contributed by atoms with E-state index in [0.717, 1.165) is 22.3 Å². The molecular weight excluding hydrogens is 452 g/mol. The summed E-state index contributed by atoms with van der Waals surface area (Å²) in [6.45, 7) is 3.91. The number of nitrogens with zero attached hydrogens (tertiary/aromatic N) is 2. The van der Waals surface area contributed by atoms with Crippen LogP contribution in [0.2, 0.25) is 0 Å². The van der Waals surface area contributed by atoms with E-state index in [4.69, 9.17) is 0 Å². The largest absolute Gasteiger partial charge is 0.416 e. The Morgan fingerprint density at radius 2 is 1.47 bits per heavy atom. The second kappa shape index (κ2) is 7.77. The molecule has 0 amide bonds. The molecule has 32 heavy (non-hydrogen) atoms. The number of hydrogen-bond donors (Lipinski definition) is 1. The van der Waals surface area contributed by atoms with E-state index in [-0.39, 0.29) is 17.6 Å². The number of nitrogens with one attached hydrogen (secondary N) is 1. The molecule has 0 saturated heterocycles. The summed E-state index contributed by atoms with van der Waals surface area (Å²) in [7, 11) is 0. The van der Waals surface area contributed by atoms with Gasteiger partial charge in [-0.3, -0.25) is 0 Å². The quantitative estimate of drug-likeness (QED) is 0.313. The SMILES string of the molecule is Cc1ccc(-c2csc3ncnc(Nc4cc(C(F)(F)F)cc(C(F)(F)F)c4)c23)cc1C. The first kappa shape index (κ1) is 22.1. The van der Waals surface area contributed by atoms with Gasteiger partial charge in [0.05, 0.1) is 16.5 Å². The minimum atomic E-state index is -4.94. The minimum absolute atomic E-state index is 0.0891. The lowest BCUT2D eigenvalue weighted by atomic mass is 10.0. The number of benzene rings is 2. The third-order valence-corrected chi connectivity index (χ3v) is 5.92. The average molecular weight is 467 g/mol. The molecule has 2 heterocycles. The number of fused-ring (bicyclic) bond motifs is 1. The third-order valence-electron chi connectivity index (χ3n) is 5.04. The Balaban J connectivity index is 1.85. The Kier molecular flexibility index (Phi) is 5.36. The zero-order valence-corrected chi connectivity index (χ0v) is 17.5. The first-order valence-electron chi connectivity index (χ1n) is 9.30. The number of alkyl halides is 6. The highest BCUT2D eigenvalue weighted by molar-refractivity contribution is 7.17. The van der Waals surface area contributed by atoms with E-state index in [1.54, 1.807) is 0 Å². The number of thiophene rings is 1. The molecule has 0 saturated carbocycles. The summed E-state index contributed by atoms with van der Waals surface area (Å²) in [4.78, 5) is 8.85. The molecule has 0 aliphatic carbocycles. The van der Waals surface area contributed by atoms with E-state index in [9.17, 15) is 26.3 Å². The molecule has 0 aliphatic rings. The molecule has 0 radical (unpaired) electrons. The van der Waals surface area contributed by atoms with Gasteiger partial charge in [0.2, 0.25) is 0 Å². The summed E-state index contributed by atoms with van der Waals surface area (Å²) < 4.78 is 79.3. The molecule has 0 unspecified atom stereocenters. The van der Waals surface area contributed by atoms with Gasteiger partial charge in [-0.2, -0.15) is 26.3 Å². The fourth-order valence-corrected chi connectivity index (χ4v) is 4.17. The fraction of sp³-hybridized carbons (Fsp3) is 0.182. The van der Waals surface area contributed by atoms with Crippen LogP contribution in [0.4, 0.5) is 37.8 Å². The van der Waals surface area contributed by atoms with Crippen LogP contribution in [0.25, 0.3) is 21.3 Å². The zero-order chi connectivity index (χ0) is 23.3. The van der Waals surface area contributed by atoms with Crippen molar-refractivity contribution in [2.75, 3.05) is 5.32 Å². The molecule has 0 fully saturated rings. The molecule has 2 aromatic carbocycles. The lowest BCUT2D eigenvalue weighted by molar-refractivity contribution is -0.143. The lowest BCUT2D eigenvalue weighted by Crippen LogP contribution is -2.11. The molecule has 10 heteroatoms. The van der Waals surface area contributed by atoms with E-state index in [1.165, 1.54) is 17.7 Å².